The van der Waals surface area contributed by atoms with Gasteiger partial charge in [0.2, 0.25) is 0 Å². The van der Waals surface area contributed by atoms with Crippen LogP contribution in [0.1, 0.15) is 26.2 Å². The Bertz CT molecular complexity index is 508. The molecular weight excluding hydrogens is 286 g/mol. The van der Waals surface area contributed by atoms with Gasteiger partial charge in [-0.15, -0.1) is 0 Å². The summed E-state index contributed by atoms with van der Waals surface area (Å²) in [6.07, 6.45) is 1.56. The lowest BCUT2D eigenvalue weighted by atomic mass is 9.99. The molecule has 0 saturated carbocycles. The zero-order valence-electron chi connectivity index (χ0n) is 11.4. The van der Waals surface area contributed by atoms with E-state index in [-0.39, 0.29) is 17.9 Å². The molecule has 7 nitrogen and oxygen atoms in total. The maximum Gasteiger partial charge on any atom is 0.323 e. The minimum atomic E-state index is -3.18. The van der Waals surface area contributed by atoms with E-state index in [1.807, 2.05) is 0 Å². The first-order valence-corrected chi connectivity index (χ1v) is 8.43. The molecule has 1 N–H and O–H groups in total. The van der Waals surface area contributed by atoms with Crippen LogP contribution in [0.5, 0.6) is 0 Å². The van der Waals surface area contributed by atoms with E-state index in [2.05, 4.69) is 0 Å². The second-order valence-corrected chi connectivity index (χ2v) is 7.80. The Kier molecular flexibility index (Phi) is 4.06. The van der Waals surface area contributed by atoms with E-state index in [9.17, 15) is 18.0 Å². The van der Waals surface area contributed by atoms with Gasteiger partial charge in [-0.25, -0.2) is 8.42 Å². The summed E-state index contributed by atoms with van der Waals surface area (Å²) >= 11 is 0. The van der Waals surface area contributed by atoms with Crippen molar-refractivity contribution in [1.29, 1.82) is 0 Å². The Hall–Kier alpha value is -1.15. The van der Waals surface area contributed by atoms with E-state index in [0.29, 0.717) is 13.0 Å². The zero-order chi connectivity index (χ0) is 15.0. The topological polar surface area (TPSA) is 101 Å². The van der Waals surface area contributed by atoms with Crippen molar-refractivity contribution in [3.05, 3.63) is 0 Å². The molecule has 0 aromatic heterocycles. The van der Waals surface area contributed by atoms with E-state index in [1.165, 1.54) is 0 Å². The van der Waals surface area contributed by atoms with E-state index < -0.39 is 39.9 Å². The van der Waals surface area contributed by atoms with Crippen LogP contribution in [0.2, 0.25) is 0 Å². The first-order valence-electron chi connectivity index (χ1n) is 6.61. The first kappa shape index (κ1) is 15.2. The van der Waals surface area contributed by atoms with Gasteiger partial charge in [-0.3, -0.25) is 9.59 Å². The van der Waals surface area contributed by atoms with Gasteiger partial charge in [0, 0.05) is 12.6 Å². The maximum absolute atomic E-state index is 12.5. The van der Waals surface area contributed by atoms with Crippen LogP contribution < -0.4 is 0 Å². The van der Waals surface area contributed by atoms with Crippen LogP contribution in [0.15, 0.2) is 0 Å². The monoisotopic (exact) mass is 305 g/mol. The Morgan fingerprint density at radius 3 is 2.60 bits per heavy atom. The molecule has 2 rings (SSSR count). The van der Waals surface area contributed by atoms with Crippen LogP contribution in [-0.4, -0.2) is 66.6 Å². The van der Waals surface area contributed by atoms with Gasteiger partial charge in [0.1, 0.15) is 12.1 Å². The third-order valence-corrected chi connectivity index (χ3v) is 5.64. The number of amides is 1. The van der Waals surface area contributed by atoms with Gasteiger partial charge in [0.25, 0.3) is 5.91 Å². The minimum Gasteiger partial charge on any atom is -0.480 e. The summed E-state index contributed by atoms with van der Waals surface area (Å²) in [6, 6.07) is -0.565. The Morgan fingerprint density at radius 1 is 1.45 bits per heavy atom. The fourth-order valence-electron chi connectivity index (χ4n) is 2.79. The molecule has 20 heavy (non-hydrogen) atoms. The molecule has 2 atom stereocenters. The van der Waals surface area contributed by atoms with Crippen LogP contribution in [0.4, 0.5) is 0 Å². The first-order chi connectivity index (χ1) is 9.23. The summed E-state index contributed by atoms with van der Waals surface area (Å²) in [5, 5.41) is 8.97. The van der Waals surface area contributed by atoms with Gasteiger partial charge in [-0.1, -0.05) is 0 Å². The quantitative estimate of drug-likeness (QED) is 0.762. The van der Waals surface area contributed by atoms with Crippen LogP contribution in [-0.2, 0) is 24.2 Å². The second kappa shape index (κ2) is 5.33. The summed E-state index contributed by atoms with van der Waals surface area (Å²) < 4.78 is 28.5. The number of sulfone groups is 1. The van der Waals surface area contributed by atoms with E-state index in [4.69, 9.17) is 9.84 Å². The van der Waals surface area contributed by atoms with Crippen molar-refractivity contribution < 1.29 is 27.9 Å². The van der Waals surface area contributed by atoms with Crippen molar-refractivity contribution in [3.8, 4) is 0 Å². The molecule has 0 aromatic rings. The van der Waals surface area contributed by atoms with Crippen LogP contribution in [0.25, 0.3) is 0 Å². The van der Waals surface area contributed by atoms with Crippen molar-refractivity contribution in [2.24, 2.45) is 0 Å². The maximum atomic E-state index is 12.5. The molecule has 1 amide bonds. The normalized spacial score (nSPS) is 32.1. The number of carboxylic acids is 1. The summed E-state index contributed by atoms with van der Waals surface area (Å²) in [7, 11) is -3.18. The minimum absolute atomic E-state index is 0.00135. The molecule has 114 valence electrons. The average Bonchev–Trinajstić information content (AvgIpc) is 2.92. The smallest absolute Gasteiger partial charge is 0.323 e. The predicted octanol–water partition coefficient (Wildman–Crippen LogP) is -0.344. The van der Waals surface area contributed by atoms with E-state index >= 15 is 0 Å². The van der Waals surface area contributed by atoms with Gasteiger partial charge < -0.3 is 14.7 Å². The molecule has 2 unspecified atom stereocenters. The highest BCUT2D eigenvalue weighted by molar-refractivity contribution is 7.91. The molecule has 2 aliphatic rings. The molecule has 2 fully saturated rings. The molecule has 0 aromatic carbocycles. The van der Waals surface area contributed by atoms with Gasteiger partial charge in [-0.05, 0) is 26.2 Å². The number of hydrogen-bond acceptors (Lipinski definition) is 5. The molecule has 0 radical (unpaired) electrons. The number of aliphatic carboxylic acids is 1. The number of nitrogens with zero attached hydrogens (tertiary/aromatic N) is 1. The largest absolute Gasteiger partial charge is 0.480 e. The van der Waals surface area contributed by atoms with Crippen molar-refractivity contribution in [2.75, 3.05) is 24.7 Å². The lowest BCUT2D eigenvalue weighted by molar-refractivity contribution is -0.158. The number of ether oxygens (including phenoxy) is 1. The number of carbonyl (C=O) groups excluding carboxylic acids is 1. The van der Waals surface area contributed by atoms with Gasteiger partial charge in [-0.2, -0.15) is 0 Å². The van der Waals surface area contributed by atoms with Gasteiger partial charge >= 0.3 is 5.97 Å². The Morgan fingerprint density at radius 2 is 2.15 bits per heavy atom. The number of hydrogen-bond donors (Lipinski definition) is 1. The van der Waals surface area contributed by atoms with Crippen LogP contribution in [0, 0.1) is 0 Å². The predicted molar refractivity (Wildman–Crippen MR) is 70.0 cm³/mol. The summed E-state index contributed by atoms with van der Waals surface area (Å²) in [4.78, 5) is 24.7. The fraction of sp³-hybridized carbons (Fsp3) is 0.833. The Labute approximate surface area is 117 Å². The highest BCUT2D eigenvalue weighted by Gasteiger charge is 2.45. The van der Waals surface area contributed by atoms with E-state index in [1.54, 1.807) is 6.92 Å². The van der Waals surface area contributed by atoms with E-state index in [0.717, 1.165) is 11.3 Å². The van der Waals surface area contributed by atoms with Gasteiger partial charge in [0.05, 0.1) is 11.5 Å². The van der Waals surface area contributed by atoms with Crippen LogP contribution in [0.3, 0.4) is 0 Å². The third-order valence-electron chi connectivity index (χ3n) is 3.89. The van der Waals surface area contributed by atoms with Crippen molar-refractivity contribution >= 4 is 21.7 Å². The average molecular weight is 305 g/mol. The Balaban J connectivity index is 2.19. The number of carboxylic acid groups (broad SMARTS) is 1. The molecule has 8 heteroatoms. The molecule has 0 spiro atoms. The third kappa shape index (κ3) is 3.12. The summed E-state index contributed by atoms with van der Waals surface area (Å²) in [5.41, 5.74) is -1.03. The molecular formula is C12H19NO6S. The zero-order valence-corrected chi connectivity index (χ0v) is 12.2. The lowest BCUT2D eigenvalue weighted by Crippen LogP contribution is -2.53. The van der Waals surface area contributed by atoms with Gasteiger partial charge in [0.15, 0.2) is 9.84 Å². The second-order valence-electron chi connectivity index (χ2n) is 5.57. The van der Waals surface area contributed by atoms with Crippen molar-refractivity contribution in [2.45, 2.75) is 37.8 Å². The SMILES string of the molecule is CC1(C(=O)N(CC(=O)O)C2CCS(=O)(=O)C2)CCCO1. The molecule has 2 saturated heterocycles. The molecule has 2 aliphatic heterocycles. The summed E-state index contributed by atoms with van der Waals surface area (Å²) in [5.74, 6) is -1.73. The van der Waals surface area contributed by atoms with Crippen molar-refractivity contribution in [3.63, 3.8) is 0 Å². The molecule has 2 heterocycles. The summed E-state index contributed by atoms with van der Waals surface area (Å²) in [6.45, 7) is 1.62. The highest BCUT2D eigenvalue weighted by atomic mass is 32.2. The molecule has 0 bridgehead atoms. The number of carbonyl (C=O) groups is 2. The fourth-order valence-corrected chi connectivity index (χ4v) is 4.52. The standard InChI is InChI=1S/C12H19NO6S/c1-12(4-2-5-19-12)11(16)13(7-10(14)15)9-3-6-20(17,18)8-9/h9H,2-8H2,1H3,(H,14,15). The highest BCUT2D eigenvalue weighted by Crippen LogP contribution is 2.29. The lowest BCUT2D eigenvalue weighted by Gasteiger charge is -2.33. The van der Waals surface area contributed by atoms with Crippen molar-refractivity contribution in [1.82, 2.24) is 4.90 Å². The van der Waals surface area contributed by atoms with Crippen LogP contribution >= 0.6 is 0 Å². The molecule has 0 aliphatic carbocycles. The number of rotatable bonds is 4.